The first-order valence-corrected chi connectivity index (χ1v) is 8.98. The highest BCUT2D eigenvalue weighted by Gasteiger charge is 2.21. The van der Waals surface area contributed by atoms with Gasteiger partial charge in [-0.2, -0.15) is 4.80 Å². The van der Waals surface area contributed by atoms with E-state index >= 15 is 0 Å². The number of amides is 1. The lowest BCUT2D eigenvalue weighted by Gasteiger charge is -2.18. The van der Waals surface area contributed by atoms with Gasteiger partial charge in [0.2, 0.25) is 5.82 Å². The third-order valence-corrected chi connectivity index (χ3v) is 4.84. The summed E-state index contributed by atoms with van der Waals surface area (Å²) >= 11 is 18.5. The molecule has 1 heterocycles. The molecule has 3 rings (SSSR count). The molecule has 1 atom stereocenters. The maximum atomic E-state index is 11.7. The zero-order valence-corrected chi connectivity index (χ0v) is 16.3. The Kier molecular flexibility index (Phi) is 6.15. The van der Waals surface area contributed by atoms with E-state index < -0.39 is 12.2 Å². The molecule has 0 spiro atoms. The van der Waals surface area contributed by atoms with Crippen LogP contribution in [0.3, 0.4) is 0 Å². The zero-order chi connectivity index (χ0) is 19.4. The lowest BCUT2D eigenvalue weighted by molar-refractivity contribution is 0.0837. The molecule has 1 unspecified atom stereocenters. The minimum atomic E-state index is -0.712. The molecule has 7 nitrogen and oxygen atoms in total. The normalized spacial score (nSPS) is 11.9. The van der Waals surface area contributed by atoms with E-state index in [-0.39, 0.29) is 6.54 Å². The molecular formula is C17H14Cl3N5O2. The molecule has 0 saturated carbocycles. The third kappa shape index (κ3) is 4.50. The van der Waals surface area contributed by atoms with Crippen LogP contribution in [0.15, 0.2) is 42.5 Å². The first-order chi connectivity index (χ1) is 13.0. The van der Waals surface area contributed by atoms with Gasteiger partial charge in [-0.3, -0.25) is 0 Å². The van der Waals surface area contributed by atoms with E-state index in [0.717, 1.165) is 0 Å². The monoisotopic (exact) mass is 425 g/mol. The smallest absolute Gasteiger partial charge is 0.407 e. The van der Waals surface area contributed by atoms with Gasteiger partial charge in [-0.15, -0.1) is 10.2 Å². The van der Waals surface area contributed by atoms with Crippen molar-refractivity contribution in [1.29, 1.82) is 0 Å². The number of benzene rings is 2. The van der Waals surface area contributed by atoms with Crippen LogP contribution in [0, 0.1) is 0 Å². The number of aromatic nitrogens is 4. The van der Waals surface area contributed by atoms with E-state index in [9.17, 15) is 4.79 Å². The molecule has 140 valence electrons. The van der Waals surface area contributed by atoms with Crippen molar-refractivity contribution in [2.24, 2.45) is 0 Å². The van der Waals surface area contributed by atoms with Gasteiger partial charge in [-0.25, -0.2) is 4.79 Å². The number of hydrogen-bond acceptors (Lipinski definition) is 5. The van der Waals surface area contributed by atoms with Gasteiger partial charge in [0.15, 0.2) is 6.10 Å². The van der Waals surface area contributed by atoms with Crippen LogP contribution in [0.2, 0.25) is 15.1 Å². The van der Waals surface area contributed by atoms with Gasteiger partial charge in [0, 0.05) is 23.2 Å². The Hall–Kier alpha value is -2.35. The van der Waals surface area contributed by atoms with Crippen molar-refractivity contribution in [2.45, 2.75) is 12.6 Å². The number of ether oxygens (including phenoxy) is 1. The molecular weight excluding hydrogens is 413 g/mol. The van der Waals surface area contributed by atoms with Crippen molar-refractivity contribution in [1.82, 2.24) is 25.5 Å². The number of rotatable bonds is 5. The van der Waals surface area contributed by atoms with Crippen molar-refractivity contribution in [3.05, 3.63) is 63.1 Å². The van der Waals surface area contributed by atoms with Gasteiger partial charge < -0.3 is 10.1 Å². The number of carbonyl (C=O) groups excluding carboxylic acids is 1. The highest BCUT2D eigenvalue weighted by molar-refractivity contribution is 6.43. The first kappa shape index (κ1) is 19.4. The van der Waals surface area contributed by atoms with E-state index in [4.69, 9.17) is 39.5 Å². The van der Waals surface area contributed by atoms with Crippen LogP contribution in [0.25, 0.3) is 11.4 Å². The number of halogens is 3. The molecule has 27 heavy (non-hydrogen) atoms. The van der Waals surface area contributed by atoms with Crippen LogP contribution < -0.4 is 5.32 Å². The van der Waals surface area contributed by atoms with Crippen molar-refractivity contribution >= 4 is 40.9 Å². The second-order valence-corrected chi connectivity index (χ2v) is 6.63. The van der Waals surface area contributed by atoms with Crippen molar-refractivity contribution in [2.75, 3.05) is 7.05 Å². The summed E-state index contributed by atoms with van der Waals surface area (Å²) in [7, 11) is 1.47. The Bertz CT molecular complexity index is 963. The molecule has 0 aliphatic rings. The summed E-state index contributed by atoms with van der Waals surface area (Å²) in [6.45, 7) is 0.113. The number of hydrogen-bond donors (Lipinski definition) is 1. The van der Waals surface area contributed by atoms with Gasteiger partial charge in [0.25, 0.3) is 0 Å². The van der Waals surface area contributed by atoms with Crippen LogP contribution in [0.1, 0.15) is 11.7 Å². The Morgan fingerprint density at radius 1 is 1.15 bits per heavy atom. The van der Waals surface area contributed by atoms with Crippen LogP contribution in [-0.4, -0.2) is 33.3 Å². The summed E-state index contributed by atoms with van der Waals surface area (Å²) in [6, 6.07) is 12.2. The molecule has 3 aromatic rings. The summed E-state index contributed by atoms with van der Waals surface area (Å²) in [6.07, 6.45) is -1.31. The predicted octanol–water partition coefficient (Wildman–Crippen LogP) is 4.40. The molecule has 0 aliphatic heterocycles. The highest BCUT2D eigenvalue weighted by atomic mass is 35.5. The molecule has 1 aromatic heterocycles. The van der Waals surface area contributed by atoms with Gasteiger partial charge in [0.05, 0.1) is 10.0 Å². The van der Waals surface area contributed by atoms with E-state index in [2.05, 4.69) is 20.7 Å². The fraction of sp³-hybridized carbons (Fsp3) is 0.176. The summed E-state index contributed by atoms with van der Waals surface area (Å²) in [4.78, 5) is 13.0. The van der Waals surface area contributed by atoms with Crippen LogP contribution >= 0.6 is 34.8 Å². The minimum Gasteiger partial charge on any atom is -0.439 e. The Labute approximate surface area is 170 Å². The summed E-state index contributed by atoms with van der Waals surface area (Å²) in [5, 5.41) is 15.9. The fourth-order valence-electron chi connectivity index (χ4n) is 2.38. The summed E-state index contributed by atoms with van der Waals surface area (Å²) in [5.74, 6) is 0.306. The molecule has 2 aromatic carbocycles. The maximum absolute atomic E-state index is 11.7. The van der Waals surface area contributed by atoms with Crippen LogP contribution in [0.4, 0.5) is 4.79 Å². The lowest BCUT2D eigenvalue weighted by atomic mass is 10.1. The van der Waals surface area contributed by atoms with Crippen LogP contribution in [-0.2, 0) is 11.3 Å². The molecule has 1 amide bonds. The fourth-order valence-corrected chi connectivity index (χ4v) is 3.02. The number of nitrogens with one attached hydrogen (secondary N) is 1. The number of alkyl carbamates (subject to hydrolysis) is 1. The molecule has 0 saturated heterocycles. The molecule has 0 fully saturated rings. The van der Waals surface area contributed by atoms with E-state index in [0.29, 0.717) is 32.0 Å². The zero-order valence-electron chi connectivity index (χ0n) is 14.1. The largest absolute Gasteiger partial charge is 0.439 e. The quantitative estimate of drug-likeness (QED) is 0.654. The third-order valence-electron chi connectivity index (χ3n) is 3.68. The van der Waals surface area contributed by atoms with Gasteiger partial charge >= 0.3 is 6.09 Å². The molecule has 0 bridgehead atoms. The summed E-state index contributed by atoms with van der Waals surface area (Å²) in [5.41, 5.74) is 1.18. The standard InChI is InChI=1S/C17H14Cl3N5O2/c1-21-17(26)27-14(10-5-2-3-7-12(10)18)9-25-23-16(22-24-25)11-6-4-8-13(19)15(11)20/h2-8,14H,9H2,1H3,(H,21,26). The molecule has 1 N–H and O–H groups in total. The van der Waals surface area contributed by atoms with Crippen molar-refractivity contribution in [3.63, 3.8) is 0 Å². The second kappa shape index (κ2) is 8.56. The lowest BCUT2D eigenvalue weighted by Crippen LogP contribution is -2.25. The average molecular weight is 427 g/mol. The van der Waals surface area contributed by atoms with Crippen LogP contribution in [0.5, 0.6) is 0 Å². The van der Waals surface area contributed by atoms with Gasteiger partial charge in [-0.1, -0.05) is 59.1 Å². The predicted molar refractivity (Wildman–Crippen MR) is 103 cm³/mol. The maximum Gasteiger partial charge on any atom is 0.407 e. The van der Waals surface area contributed by atoms with Crippen molar-refractivity contribution in [3.8, 4) is 11.4 Å². The molecule has 0 aliphatic carbocycles. The number of carbonyl (C=O) groups is 1. The minimum absolute atomic E-state index is 0.113. The highest BCUT2D eigenvalue weighted by Crippen LogP contribution is 2.31. The number of nitrogens with zero attached hydrogens (tertiary/aromatic N) is 4. The molecule has 0 radical (unpaired) electrons. The average Bonchev–Trinajstić information content (AvgIpc) is 3.12. The summed E-state index contributed by atoms with van der Waals surface area (Å²) < 4.78 is 5.42. The second-order valence-electron chi connectivity index (χ2n) is 5.43. The number of tetrazole rings is 1. The topological polar surface area (TPSA) is 81.9 Å². The van der Waals surface area contributed by atoms with E-state index in [1.54, 1.807) is 42.5 Å². The Morgan fingerprint density at radius 3 is 2.63 bits per heavy atom. The van der Waals surface area contributed by atoms with Crippen molar-refractivity contribution < 1.29 is 9.53 Å². The van der Waals surface area contributed by atoms with Gasteiger partial charge in [0.1, 0.15) is 6.54 Å². The SMILES string of the molecule is CNC(=O)OC(Cn1nnc(-c2cccc(Cl)c2Cl)n1)c1ccccc1Cl. The van der Waals surface area contributed by atoms with E-state index in [1.807, 2.05) is 0 Å². The van der Waals surface area contributed by atoms with Gasteiger partial charge in [-0.05, 0) is 23.4 Å². The van der Waals surface area contributed by atoms with E-state index in [1.165, 1.54) is 11.8 Å². The first-order valence-electron chi connectivity index (χ1n) is 7.84. The Balaban J connectivity index is 1.89. The Morgan fingerprint density at radius 2 is 1.89 bits per heavy atom. The molecule has 10 heteroatoms.